The zero-order chi connectivity index (χ0) is 21.7. The van der Waals surface area contributed by atoms with E-state index in [4.69, 9.17) is 5.73 Å². The van der Waals surface area contributed by atoms with Crippen molar-refractivity contribution in [3.8, 4) is 22.5 Å². The lowest BCUT2D eigenvalue weighted by Crippen LogP contribution is -2.44. The second-order valence-electron chi connectivity index (χ2n) is 8.41. The van der Waals surface area contributed by atoms with E-state index in [9.17, 15) is 0 Å². The van der Waals surface area contributed by atoms with Crippen molar-refractivity contribution >= 4 is 33.3 Å². The molecule has 4 aromatic heterocycles. The summed E-state index contributed by atoms with van der Waals surface area (Å²) in [5, 5.41) is 9.82. The molecule has 32 heavy (non-hydrogen) atoms. The molecule has 0 atom stereocenters. The number of aromatic nitrogens is 5. The van der Waals surface area contributed by atoms with Gasteiger partial charge in [0.15, 0.2) is 5.65 Å². The van der Waals surface area contributed by atoms with E-state index < -0.39 is 0 Å². The zero-order valence-corrected chi connectivity index (χ0v) is 17.8. The van der Waals surface area contributed by atoms with Crippen molar-refractivity contribution in [3.05, 3.63) is 55.0 Å². The molecular weight excluding hydrogens is 400 g/mol. The Morgan fingerprint density at radius 2 is 1.78 bits per heavy atom. The molecule has 4 N–H and O–H groups in total. The van der Waals surface area contributed by atoms with Gasteiger partial charge in [0.2, 0.25) is 0 Å². The number of nitrogen functional groups attached to an aromatic ring is 1. The fourth-order valence-corrected chi connectivity index (χ4v) is 4.47. The third-order valence-corrected chi connectivity index (χ3v) is 6.25. The van der Waals surface area contributed by atoms with E-state index in [0.717, 1.165) is 65.2 Å². The third kappa shape index (κ3) is 3.16. The molecule has 0 aliphatic carbocycles. The van der Waals surface area contributed by atoms with Gasteiger partial charge >= 0.3 is 0 Å². The molecule has 1 aromatic carbocycles. The van der Waals surface area contributed by atoms with E-state index in [-0.39, 0.29) is 0 Å². The van der Waals surface area contributed by atoms with Gasteiger partial charge in [0, 0.05) is 77.9 Å². The first-order chi connectivity index (χ1) is 15.7. The quantitative estimate of drug-likeness (QED) is 0.410. The molecule has 0 unspecified atom stereocenters. The standard InChI is InChI=1S/C24H24N8/c1-31-5-7-32(8-6-31)22-4-2-3-20-18(22)11-21(28-20)23-19-10-16(13-27-24(19)30-29-23)15-9-17(25)14-26-12-15/h2-4,9-14,28H,5-8,25H2,1H3,(H,27,29,30). The van der Waals surface area contributed by atoms with Crippen LogP contribution >= 0.6 is 0 Å². The molecule has 8 heteroatoms. The lowest BCUT2D eigenvalue weighted by Gasteiger charge is -2.34. The summed E-state index contributed by atoms with van der Waals surface area (Å²) < 4.78 is 0. The fourth-order valence-electron chi connectivity index (χ4n) is 4.47. The van der Waals surface area contributed by atoms with Crippen molar-refractivity contribution in [2.75, 3.05) is 43.9 Å². The number of hydrogen-bond acceptors (Lipinski definition) is 6. The Labute approximate surface area is 185 Å². The minimum absolute atomic E-state index is 0.627. The number of H-pyrrole nitrogens is 2. The van der Waals surface area contributed by atoms with Crippen LogP contribution in [0.2, 0.25) is 0 Å². The number of nitrogens with zero attached hydrogens (tertiary/aromatic N) is 5. The molecule has 5 heterocycles. The molecule has 1 fully saturated rings. The van der Waals surface area contributed by atoms with Crippen molar-refractivity contribution in [1.29, 1.82) is 0 Å². The number of nitrogens with one attached hydrogen (secondary N) is 2. The van der Waals surface area contributed by atoms with Crippen LogP contribution < -0.4 is 10.6 Å². The van der Waals surface area contributed by atoms with Crippen molar-refractivity contribution in [2.45, 2.75) is 0 Å². The van der Waals surface area contributed by atoms with Crippen LogP contribution in [0.1, 0.15) is 0 Å². The first-order valence-electron chi connectivity index (χ1n) is 10.8. The molecule has 1 saturated heterocycles. The summed E-state index contributed by atoms with van der Waals surface area (Å²) in [5.74, 6) is 0. The maximum Gasteiger partial charge on any atom is 0.155 e. The van der Waals surface area contributed by atoms with Crippen molar-refractivity contribution < 1.29 is 0 Å². The Kier molecular flexibility index (Phi) is 4.32. The number of nitrogens with two attached hydrogens (primary N) is 1. The fraction of sp³-hybridized carbons (Fsp3) is 0.208. The van der Waals surface area contributed by atoms with Gasteiger partial charge in [-0.15, -0.1) is 0 Å². The lowest BCUT2D eigenvalue weighted by molar-refractivity contribution is 0.313. The largest absolute Gasteiger partial charge is 0.397 e. The van der Waals surface area contributed by atoms with Crippen LogP contribution in [-0.4, -0.2) is 63.3 Å². The maximum absolute atomic E-state index is 5.92. The summed E-state index contributed by atoms with van der Waals surface area (Å²) >= 11 is 0. The maximum atomic E-state index is 5.92. The van der Waals surface area contributed by atoms with E-state index in [0.29, 0.717) is 5.69 Å². The Bertz CT molecular complexity index is 1420. The lowest BCUT2D eigenvalue weighted by atomic mass is 10.1. The number of benzene rings is 1. The molecular formula is C24H24N8. The molecule has 0 bridgehead atoms. The Morgan fingerprint density at radius 3 is 2.62 bits per heavy atom. The third-order valence-electron chi connectivity index (χ3n) is 6.25. The van der Waals surface area contributed by atoms with Gasteiger partial charge in [-0.25, -0.2) is 4.98 Å². The van der Waals surface area contributed by atoms with Crippen molar-refractivity contribution in [1.82, 2.24) is 30.0 Å². The summed E-state index contributed by atoms with van der Waals surface area (Å²) in [5.41, 5.74) is 13.4. The average molecular weight is 425 g/mol. The molecule has 1 aliphatic heterocycles. The van der Waals surface area contributed by atoms with E-state index >= 15 is 0 Å². The summed E-state index contributed by atoms with van der Waals surface area (Å²) in [6, 6.07) is 12.6. The van der Waals surface area contributed by atoms with Crippen LogP contribution in [0.3, 0.4) is 0 Å². The molecule has 160 valence electrons. The molecule has 5 aromatic rings. The highest BCUT2D eigenvalue weighted by Crippen LogP contribution is 2.34. The number of anilines is 2. The van der Waals surface area contributed by atoms with Crippen LogP contribution in [0.5, 0.6) is 0 Å². The summed E-state index contributed by atoms with van der Waals surface area (Å²) in [6.07, 6.45) is 5.25. The van der Waals surface area contributed by atoms with E-state index in [2.05, 4.69) is 72.3 Å². The minimum Gasteiger partial charge on any atom is -0.397 e. The van der Waals surface area contributed by atoms with Gasteiger partial charge < -0.3 is 20.5 Å². The molecule has 0 radical (unpaired) electrons. The number of rotatable bonds is 3. The summed E-state index contributed by atoms with van der Waals surface area (Å²) in [7, 11) is 2.18. The monoisotopic (exact) mass is 424 g/mol. The highest BCUT2D eigenvalue weighted by Gasteiger charge is 2.19. The van der Waals surface area contributed by atoms with Crippen LogP contribution in [-0.2, 0) is 0 Å². The van der Waals surface area contributed by atoms with Gasteiger partial charge in [0.25, 0.3) is 0 Å². The highest BCUT2D eigenvalue weighted by atomic mass is 15.2. The molecule has 0 amide bonds. The molecule has 8 nitrogen and oxygen atoms in total. The van der Waals surface area contributed by atoms with Crippen molar-refractivity contribution in [2.24, 2.45) is 0 Å². The molecule has 1 aliphatic rings. The number of aromatic amines is 2. The smallest absolute Gasteiger partial charge is 0.155 e. The van der Waals surface area contributed by atoms with Gasteiger partial charge in [-0.1, -0.05) is 6.07 Å². The van der Waals surface area contributed by atoms with Crippen LogP contribution in [0.15, 0.2) is 55.0 Å². The second-order valence-corrected chi connectivity index (χ2v) is 8.41. The number of likely N-dealkylation sites (N-methyl/N-ethyl adjacent to an activating group) is 1. The number of piperazine rings is 1. The Hall–Kier alpha value is -3.91. The minimum atomic E-state index is 0.627. The Balaban J connectivity index is 1.44. The van der Waals surface area contributed by atoms with Crippen LogP contribution in [0.4, 0.5) is 11.4 Å². The van der Waals surface area contributed by atoms with E-state index in [1.807, 2.05) is 12.3 Å². The van der Waals surface area contributed by atoms with Gasteiger partial charge in [0.1, 0.15) is 5.69 Å². The van der Waals surface area contributed by atoms with Crippen LogP contribution in [0.25, 0.3) is 44.5 Å². The Morgan fingerprint density at radius 1 is 0.938 bits per heavy atom. The average Bonchev–Trinajstić information content (AvgIpc) is 3.43. The molecule has 0 saturated carbocycles. The summed E-state index contributed by atoms with van der Waals surface area (Å²) in [4.78, 5) is 17.2. The van der Waals surface area contributed by atoms with Crippen LogP contribution in [0, 0.1) is 0 Å². The summed E-state index contributed by atoms with van der Waals surface area (Å²) in [6.45, 7) is 4.21. The van der Waals surface area contributed by atoms with Gasteiger partial charge in [-0.2, -0.15) is 5.10 Å². The number of fused-ring (bicyclic) bond motifs is 2. The topological polar surface area (TPSA) is 103 Å². The molecule has 6 rings (SSSR count). The predicted molar refractivity (Wildman–Crippen MR) is 129 cm³/mol. The van der Waals surface area contributed by atoms with Gasteiger partial charge in [-0.3, -0.25) is 10.1 Å². The molecule has 0 spiro atoms. The van der Waals surface area contributed by atoms with Gasteiger partial charge in [0.05, 0.1) is 11.4 Å². The second kappa shape index (κ2) is 7.35. The SMILES string of the molecule is CN1CCN(c2cccc3[nH]c(-c4n[nH]c5ncc(-c6cncc(N)c6)cc45)cc23)CC1. The number of pyridine rings is 2. The number of hydrogen-bond donors (Lipinski definition) is 3. The first-order valence-corrected chi connectivity index (χ1v) is 10.8. The van der Waals surface area contributed by atoms with E-state index in [1.165, 1.54) is 11.1 Å². The predicted octanol–water partition coefficient (Wildman–Crippen LogP) is 3.50. The van der Waals surface area contributed by atoms with E-state index in [1.54, 1.807) is 12.4 Å². The first kappa shape index (κ1) is 18.8. The highest BCUT2D eigenvalue weighted by molar-refractivity contribution is 6.00. The zero-order valence-electron chi connectivity index (χ0n) is 17.8. The van der Waals surface area contributed by atoms with Crippen molar-refractivity contribution in [3.63, 3.8) is 0 Å². The normalized spacial score (nSPS) is 15.1. The van der Waals surface area contributed by atoms with Gasteiger partial charge in [-0.05, 0) is 37.4 Å².